The van der Waals surface area contributed by atoms with Crippen LogP contribution in [0.3, 0.4) is 0 Å². The number of aliphatic hydroxyl groups is 1. The number of carbonyl (C=O) groups is 1. The van der Waals surface area contributed by atoms with E-state index in [0.29, 0.717) is 16.8 Å². The molecule has 0 radical (unpaired) electrons. The lowest BCUT2D eigenvalue weighted by Gasteiger charge is -2.25. The highest BCUT2D eigenvalue weighted by molar-refractivity contribution is 6.29. The molecular formula is C16H15ClFNO3. The average molecular weight is 324 g/mol. The van der Waals surface area contributed by atoms with Crippen molar-refractivity contribution in [1.29, 1.82) is 0 Å². The van der Waals surface area contributed by atoms with Gasteiger partial charge in [0.15, 0.2) is 0 Å². The zero-order valence-electron chi connectivity index (χ0n) is 12.1. The van der Waals surface area contributed by atoms with E-state index < -0.39 is 18.0 Å². The first-order chi connectivity index (χ1) is 10.4. The number of carbonyl (C=O) groups excluding carboxylic acids is 1. The lowest BCUT2D eigenvalue weighted by Crippen LogP contribution is -2.37. The van der Waals surface area contributed by atoms with E-state index in [0.717, 1.165) is 0 Å². The van der Waals surface area contributed by atoms with Crippen molar-refractivity contribution in [3.63, 3.8) is 0 Å². The summed E-state index contributed by atoms with van der Waals surface area (Å²) in [5.74, 6) is -0.942. The summed E-state index contributed by atoms with van der Waals surface area (Å²) in [5, 5.41) is 9.78. The number of pyridine rings is 1. The Morgan fingerprint density at radius 3 is 2.55 bits per heavy atom. The molecule has 1 atom stereocenters. The quantitative estimate of drug-likeness (QED) is 0.694. The normalized spacial score (nSPS) is 13.5. The van der Waals surface area contributed by atoms with E-state index in [2.05, 4.69) is 4.98 Å². The van der Waals surface area contributed by atoms with Crippen molar-refractivity contribution in [2.24, 2.45) is 0 Å². The van der Waals surface area contributed by atoms with Gasteiger partial charge in [-0.3, -0.25) is 4.79 Å². The van der Waals surface area contributed by atoms with Gasteiger partial charge in [-0.2, -0.15) is 0 Å². The Balaban J connectivity index is 2.55. The summed E-state index contributed by atoms with van der Waals surface area (Å²) in [6.07, 6.45) is 0. The Morgan fingerprint density at radius 1 is 1.36 bits per heavy atom. The maximum atomic E-state index is 13.0. The molecule has 0 bridgehead atoms. The second-order valence-corrected chi connectivity index (χ2v) is 5.44. The standard InChI is InChI=1S/C16H15ClFNO3/c1-16(9-20,15(21)22-2)11-7-13(19-14(17)8-11)10-3-5-12(18)6-4-10/h3-8,20H,9H2,1-2H3. The highest BCUT2D eigenvalue weighted by atomic mass is 35.5. The minimum absolute atomic E-state index is 0.167. The van der Waals surface area contributed by atoms with Crippen molar-refractivity contribution in [2.45, 2.75) is 12.3 Å². The van der Waals surface area contributed by atoms with Crippen LogP contribution >= 0.6 is 11.6 Å². The number of ether oxygens (including phenoxy) is 1. The van der Waals surface area contributed by atoms with Gasteiger partial charge in [-0.05, 0) is 48.9 Å². The highest BCUT2D eigenvalue weighted by Crippen LogP contribution is 2.30. The van der Waals surface area contributed by atoms with Crippen molar-refractivity contribution in [3.05, 3.63) is 52.9 Å². The second-order valence-electron chi connectivity index (χ2n) is 5.05. The van der Waals surface area contributed by atoms with E-state index in [9.17, 15) is 14.3 Å². The van der Waals surface area contributed by atoms with Gasteiger partial charge in [0.25, 0.3) is 0 Å². The Labute approximate surface area is 132 Å². The summed E-state index contributed by atoms with van der Waals surface area (Å²) >= 11 is 6.02. The number of aromatic nitrogens is 1. The molecule has 2 aromatic rings. The largest absolute Gasteiger partial charge is 0.468 e. The fraction of sp³-hybridized carbons (Fsp3) is 0.250. The first kappa shape index (κ1) is 16.4. The summed E-state index contributed by atoms with van der Waals surface area (Å²) in [6.45, 7) is 1.11. The van der Waals surface area contributed by atoms with Crippen LogP contribution in [0.4, 0.5) is 4.39 Å². The third kappa shape index (κ3) is 3.10. The van der Waals surface area contributed by atoms with Crippen molar-refractivity contribution in [1.82, 2.24) is 4.98 Å². The minimum Gasteiger partial charge on any atom is -0.468 e. The number of nitrogens with zero attached hydrogens (tertiary/aromatic N) is 1. The lowest BCUT2D eigenvalue weighted by atomic mass is 9.83. The number of esters is 1. The van der Waals surface area contributed by atoms with E-state index in [1.165, 1.54) is 25.3 Å². The van der Waals surface area contributed by atoms with Crippen LogP contribution in [-0.4, -0.2) is 29.8 Å². The Hall–Kier alpha value is -1.98. The van der Waals surface area contributed by atoms with Crippen LogP contribution in [0.1, 0.15) is 12.5 Å². The van der Waals surface area contributed by atoms with Gasteiger partial charge in [-0.25, -0.2) is 9.37 Å². The summed E-state index contributed by atoms with van der Waals surface area (Å²) in [5.41, 5.74) is 0.346. The lowest BCUT2D eigenvalue weighted by molar-refractivity contribution is -0.148. The zero-order valence-corrected chi connectivity index (χ0v) is 12.9. The van der Waals surface area contributed by atoms with Crippen molar-refractivity contribution < 1.29 is 19.0 Å². The van der Waals surface area contributed by atoms with Crippen LogP contribution in [0.15, 0.2) is 36.4 Å². The van der Waals surface area contributed by atoms with Gasteiger partial charge in [-0.1, -0.05) is 11.6 Å². The van der Waals surface area contributed by atoms with Gasteiger partial charge in [0.1, 0.15) is 16.4 Å². The molecular weight excluding hydrogens is 309 g/mol. The monoisotopic (exact) mass is 323 g/mol. The van der Waals surface area contributed by atoms with E-state index >= 15 is 0 Å². The summed E-state index contributed by atoms with van der Waals surface area (Å²) < 4.78 is 17.8. The summed E-state index contributed by atoms with van der Waals surface area (Å²) in [7, 11) is 1.25. The second kappa shape index (κ2) is 6.42. The van der Waals surface area contributed by atoms with E-state index in [-0.39, 0.29) is 11.0 Å². The number of hydrogen-bond acceptors (Lipinski definition) is 4. The number of hydrogen-bond donors (Lipinski definition) is 1. The molecule has 2 rings (SSSR count). The molecule has 0 saturated heterocycles. The molecule has 1 heterocycles. The van der Waals surface area contributed by atoms with Gasteiger partial charge in [0.05, 0.1) is 19.4 Å². The van der Waals surface area contributed by atoms with Crippen LogP contribution in [0.25, 0.3) is 11.3 Å². The molecule has 1 unspecified atom stereocenters. The van der Waals surface area contributed by atoms with Gasteiger partial charge < -0.3 is 9.84 Å². The molecule has 0 amide bonds. The Kier molecular flexibility index (Phi) is 4.78. The molecule has 0 spiro atoms. The number of methoxy groups -OCH3 is 1. The fourth-order valence-corrected chi connectivity index (χ4v) is 2.29. The van der Waals surface area contributed by atoms with Crippen LogP contribution in [0.2, 0.25) is 5.15 Å². The highest BCUT2D eigenvalue weighted by Gasteiger charge is 2.36. The predicted molar refractivity (Wildman–Crippen MR) is 81.1 cm³/mol. The van der Waals surface area contributed by atoms with E-state index in [1.807, 2.05) is 0 Å². The smallest absolute Gasteiger partial charge is 0.318 e. The van der Waals surface area contributed by atoms with Crippen molar-refractivity contribution in [3.8, 4) is 11.3 Å². The Morgan fingerprint density at radius 2 is 2.00 bits per heavy atom. The number of rotatable bonds is 4. The maximum Gasteiger partial charge on any atom is 0.318 e. The molecule has 4 nitrogen and oxygen atoms in total. The summed E-state index contributed by atoms with van der Waals surface area (Å²) in [6, 6.07) is 8.87. The SMILES string of the molecule is COC(=O)C(C)(CO)c1cc(Cl)nc(-c2ccc(F)cc2)c1. The zero-order chi connectivity index (χ0) is 16.3. The third-order valence-corrected chi connectivity index (χ3v) is 3.72. The van der Waals surface area contributed by atoms with Gasteiger partial charge in [0.2, 0.25) is 0 Å². The molecule has 0 fully saturated rings. The average Bonchev–Trinajstić information content (AvgIpc) is 2.53. The minimum atomic E-state index is -1.25. The summed E-state index contributed by atoms with van der Waals surface area (Å²) in [4.78, 5) is 16.1. The predicted octanol–water partition coefficient (Wildman–Crippen LogP) is 2.96. The Bertz CT molecular complexity index is 690. The van der Waals surface area contributed by atoms with Crippen LogP contribution in [0, 0.1) is 5.82 Å². The number of benzene rings is 1. The molecule has 116 valence electrons. The molecule has 0 saturated carbocycles. The number of aliphatic hydroxyl groups excluding tert-OH is 1. The molecule has 0 aliphatic carbocycles. The van der Waals surface area contributed by atoms with E-state index in [4.69, 9.17) is 16.3 Å². The topological polar surface area (TPSA) is 59.4 Å². The van der Waals surface area contributed by atoms with Crippen LogP contribution in [0.5, 0.6) is 0 Å². The third-order valence-electron chi connectivity index (χ3n) is 3.52. The first-order valence-electron chi connectivity index (χ1n) is 6.54. The van der Waals surface area contributed by atoms with Gasteiger partial charge in [-0.15, -0.1) is 0 Å². The van der Waals surface area contributed by atoms with Crippen LogP contribution in [-0.2, 0) is 14.9 Å². The molecule has 1 aromatic heterocycles. The van der Waals surface area contributed by atoms with Crippen molar-refractivity contribution in [2.75, 3.05) is 13.7 Å². The van der Waals surface area contributed by atoms with Crippen molar-refractivity contribution >= 4 is 17.6 Å². The van der Waals surface area contributed by atoms with E-state index in [1.54, 1.807) is 25.1 Å². The molecule has 6 heteroatoms. The molecule has 0 aliphatic rings. The van der Waals surface area contributed by atoms with Gasteiger partial charge in [0, 0.05) is 5.56 Å². The molecule has 22 heavy (non-hydrogen) atoms. The molecule has 1 N–H and O–H groups in total. The van der Waals surface area contributed by atoms with Gasteiger partial charge >= 0.3 is 5.97 Å². The molecule has 1 aromatic carbocycles. The molecule has 0 aliphatic heterocycles. The fourth-order valence-electron chi connectivity index (χ4n) is 2.08. The first-order valence-corrected chi connectivity index (χ1v) is 6.92. The van der Waals surface area contributed by atoms with Crippen LogP contribution < -0.4 is 0 Å². The number of halogens is 2. The maximum absolute atomic E-state index is 13.0.